The molecule has 6 rings (SSSR count). The van der Waals surface area contributed by atoms with Gasteiger partial charge in [-0.25, -0.2) is 0 Å². The maximum absolute atomic E-state index is 2.35. The van der Waals surface area contributed by atoms with Gasteiger partial charge in [-0.2, -0.15) is 0 Å². The van der Waals surface area contributed by atoms with E-state index >= 15 is 0 Å². The second-order valence-corrected chi connectivity index (χ2v) is 16.5. The Kier molecular flexibility index (Phi) is 11.3. The van der Waals surface area contributed by atoms with Gasteiger partial charge < -0.3 is 9.41 Å². The van der Waals surface area contributed by atoms with Gasteiger partial charge in [-0.05, 0) is 21.7 Å². The first-order valence-electron chi connectivity index (χ1n) is 15.6. The summed E-state index contributed by atoms with van der Waals surface area (Å²) in [5.41, 5.74) is 6.43. The molecule has 0 saturated carbocycles. The van der Waals surface area contributed by atoms with Crippen molar-refractivity contribution in [1.29, 1.82) is 0 Å². The molecule has 0 saturated heterocycles. The third-order valence-corrected chi connectivity index (χ3v) is 8.87. The number of halogens is 2. The molecule has 0 N–H and O–H groups in total. The zero-order valence-corrected chi connectivity index (χ0v) is 31.8. The summed E-state index contributed by atoms with van der Waals surface area (Å²) in [7, 11) is 0. The average Bonchev–Trinajstić information content (AvgIpc) is 3.43. The van der Waals surface area contributed by atoms with Crippen LogP contribution >= 0.6 is 0 Å². The Bertz CT molecular complexity index is 1630. The maximum Gasteiger partial charge on any atom is 4.00 e. The molecule has 0 aliphatic heterocycles. The molecule has 0 atom stereocenters. The van der Waals surface area contributed by atoms with Crippen LogP contribution in [0.2, 0.25) is 0 Å². The van der Waals surface area contributed by atoms with Crippen LogP contribution in [0.25, 0.3) is 43.1 Å². The van der Waals surface area contributed by atoms with Crippen LogP contribution in [0.5, 0.6) is 0 Å². The Hall–Kier alpha value is -2.64. The Balaban J connectivity index is 0.000000294. The monoisotopic (exact) mass is 682 g/mol. The van der Waals surface area contributed by atoms with E-state index in [0.717, 1.165) is 0 Å². The molecule has 0 radical (unpaired) electrons. The van der Waals surface area contributed by atoms with Crippen molar-refractivity contribution < 1.29 is 35.6 Å². The fourth-order valence-corrected chi connectivity index (χ4v) is 5.91. The van der Waals surface area contributed by atoms with Gasteiger partial charge in [0.05, 0.1) is 0 Å². The Labute approximate surface area is 289 Å². The van der Waals surface area contributed by atoms with Crippen molar-refractivity contribution >= 4 is 43.1 Å². The van der Waals surface area contributed by atoms with Crippen LogP contribution in [0.15, 0.2) is 84.9 Å². The van der Waals surface area contributed by atoms with Crippen molar-refractivity contribution in [2.75, 3.05) is 0 Å². The molecular formula is C42H50F2Zr. The molecule has 6 aromatic carbocycles. The zero-order valence-electron chi connectivity index (χ0n) is 29.3. The molecule has 0 aliphatic carbocycles. The van der Waals surface area contributed by atoms with E-state index < -0.39 is 0 Å². The molecule has 0 spiro atoms. The molecule has 0 nitrogen and oxygen atoms in total. The minimum Gasteiger partial charge on any atom is -1.00 e. The van der Waals surface area contributed by atoms with Crippen LogP contribution in [0, 0.1) is 0 Å². The second kappa shape index (κ2) is 13.2. The fourth-order valence-electron chi connectivity index (χ4n) is 5.91. The van der Waals surface area contributed by atoms with E-state index in [-0.39, 0.29) is 57.3 Å². The molecule has 6 aromatic rings. The van der Waals surface area contributed by atoms with Crippen molar-refractivity contribution in [1.82, 2.24) is 0 Å². The molecule has 0 fully saturated rings. The van der Waals surface area contributed by atoms with E-state index in [1.165, 1.54) is 65.3 Å². The summed E-state index contributed by atoms with van der Waals surface area (Å²) in [6.07, 6.45) is 0. The molecule has 0 unspecified atom stereocenters. The van der Waals surface area contributed by atoms with E-state index in [1.807, 2.05) is 0 Å². The number of benzene rings is 4. The van der Waals surface area contributed by atoms with Crippen LogP contribution in [0.3, 0.4) is 0 Å². The maximum atomic E-state index is 2.35. The molecule has 0 aliphatic rings. The van der Waals surface area contributed by atoms with E-state index in [1.54, 1.807) is 0 Å². The van der Waals surface area contributed by atoms with Gasteiger partial charge in [-0.1, -0.05) is 154 Å². The quantitative estimate of drug-likeness (QED) is 0.158. The molecule has 3 heteroatoms. The predicted octanol–water partition coefficient (Wildman–Crippen LogP) is 6.62. The number of fused-ring (bicyclic) bond motifs is 6. The normalized spacial score (nSPS) is 12.4. The van der Waals surface area contributed by atoms with Gasteiger partial charge >= 0.3 is 26.2 Å². The molecule has 0 heterocycles. The van der Waals surface area contributed by atoms with Crippen molar-refractivity contribution in [3.63, 3.8) is 0 Å². The largest absolute Gasteiger partial charge is 4.00 e. The van der Waals surface area contributed by atoms with Gasteiger partial charge in [0.2, 0.25) is 0 Å². The first kappa shape index (κ1) is 38.5. The Morgan fingerprint density at radius 3 is 0.667 bits per heavy atom. The summed E-state index contributed by atoms with van der Waals surface area (Å²) in [5, 5.41) is 11.0. The van der Waals surface area contributed by atoms with Crippen LogP contribution in [0.1, 0.15) is 105 Å². The zero-order chi connectivity index (χ0) is 30.8. The smallest absolute Gasteiger partial charge is 1.00 e. The van der Waals surface area contributed by atoms with Gasteiger partial charge in [0.15, 0.2) is 0 Å². The second-order valence-electron chi connectivity index (χ2n) is 16.5. The van der Waals surface area contributed by atoms with Crippen molar-refractivity contribution in [2.24, 2.45) is 0 Å². The van der Waals surface area contributed by atoms with E-state index in [4.69, 9.17) is 0 Å². The third-order valence-electron chi connectivity index (χ3n) is 8.87. The summed E-state index contributed by atoms with van der Waals surface area (Å²) >= 11 is 0. The summed E-state index contributed by atoms with van der Waals surface area (Å²) in [6, 6.07) is 32.4. The van der Waals surface area contributed by atoms with Crippen LogP contribution in [0.4, 0.5) is 0 Å². The van der Waals surface area contributed by atoms with Gasteiger partial charge in [0, 0.05) is 0 Å². The van der Waals surface area contributed by atoms with Crippen LogP contribution in [-0.2, 0) is 47.9 Å². The van der Waals surface area contributed by atoms with Gasteiger partial charge in [0.25, 0.3) is 0 Å². The Morgan fingerprint density at radius 2 is 0.511 bits per heavy atom. The van der Waals surface area contributed by atoms with Crippen LogP contribution in [-0.4, -0.2) is 0 Å². The molecule has 236 valence electrons. The van der Waals surface area contributed by atoms with Crippen LogP contribution < -0.4 is 9.41 Å². The Morgan fingerprint density at radius 1 is 0.333 bits per heavy atom. The van der Waals surface area contributed by atoms with Crippen molar-refractivity contribution in [2.45, 2.75) is 105 Å². The summed E-state index contributed by atoms with van der Waals surface area (Å²) in [5.74, 6) is 0. The standard InChI is InChI=1S/2C21H25.2FH.Zr/c2*1-20(2,3)16-7-9-18-14(12-16)11-15-13-17(21(4,5)6)8-10-19(15)18;;;/h2*7-13H,1-6H3;2*1H;/q2*-1;;;+4/p-2. The molecule has 0 bridgehead atoms. The summed E-state index contributed by atoms with van der Waals surface area (Å²) in [6.45, 7) is 27.3. The average molecular weight is 684 g/mol. The van der Waals surface area contributed by atoms with E-state index in [0.29, 0.717) is 0 Å². The van der Waals surface area contributed by atoms with Gasteiger partial charge in [-0.3, -0.25) is 0 Å². The summed E-state index contributed by atoms with van der Waals surface area (Å²) < 4.78 is 0. The fraction of sp³-hybridized carbons (Fsp3) is 0.381. The topological polar surface area (TPSA) is 0 Å². The first-order chi connectivity index (χ1) is 19.3. The van der Waals surface area contributed by atoms with Crippen molar-refractivity contribution in [3.05, 3.63) is 107 Å². The van der Waals surface area contributed by atoms with Gasteiger partial charge in [0.1, 0.15) is 0 Å². The molecular weight excluding hydrogens is 634 g/mol. The first-order valence-corrected chi connectivity index (χ1v) is 15.6. The molecule has 0 amide bonds. The number of rotatable bonds is 0. The SMILES string of the molecule is CC(C)(C)c1ccc2c(c1)[cH-]c1cc(C(C)(C)C)ccc12.CC(C)(C)c1ccc2c(c1)[cH-]c1cc(C(C)(C)C)ccc12.[F-].[F-].[Zr+4]. The minimum atomic E-state index is 0. The van der Waals surface area contributed by atoms with E-state index in [2.05, 4.69) is 168 Å². The van der Waals surface area contributed by atoms with Crippen molar-refractivity contribution in [3.8, 4) is 0 Å². The minimum absolute atomic E-state index is 0. The molecule has 45 heavy (non-hydrogen) atoms. The van der Waals surface area contributed by atoms with E-state index in [9.17, 15) is 0 Å². The summed E-state index contributed by atoms with van der Waals surface area (Å²) in [4.78, 5) is 0. The molecule has 0 aromatic heterocycles. The number of hydrogen-bond acceptors (Lipinski definition) is 0. The third kappa shape index (κ3) is 8.03. The number of hydrogen-bond donors (Lipinski definition) is 0. The predicted molar refractivity (Wildman–Crippen MR) is 189 cm³/mol. The van der Waals surface area contributed by atoms with Gasteiger partial charge in [-0.15, -0.1) is 79.5 Å².